The van der Waals surface area contributed by atoms with Crippen molar-refractivity contribution in [1.82, 2.24) is 0 Å². The summed E-state index contributed by atoms with van der Waals surface area (Å²) >= 11 is 0. The van der Waals surface area contributed by atoms with Crippen LogP contribution in [0.25, 0.3) is 6.08 Å². The largest absolute Gasteiger partial charge is 0.322 e. The first-order valence-electron chi connectivity index (χ1n) is 7.82. The van der Waals surface area contributed by atoms with Crippen molar-refractivity contribution in [1.29, 1.82) is 0 Å². The lowest BCUT2D eigenvalue weighted by molar-refractivity contribution is -0.112. The van der Waals surface area contributed by atoms with E-state index in [9.17, 15) is 4.79 Å². The second-order valence-corrected chi connectivity index (χ2v) is 5.49. The summed E-state index contributed by atoms with van der Waals surface area (Å²) in [6.07, 6.45) is 5.38. The van der Waals surface area contributed by atoms with E-state index in [1.165, 1.54) is 18.4 Å². The molecule has 22 heavy (non-hydrogen) atoms. The average molecular weight is 293 g/mol. The smallest absolute Gasteiger partial charge is 0.251 e. The van der Waals surface area contributed by atoms with Crippen LogP contribution in [0.3, 0.4) is 0 Å². The zero-order valence-corrected chi connectivity index (χ0v) is 13.3. The van der Waals surface area contributed by atoms with Crippen LogP contribution in [-0.2, 0) is 11.2 Å². The third-order valence-corrected chi connectivity index (χ3v) is 3.57. The van der Waals surface area contributed by atoms with Crippen LogP contribution >= 0.6 is 0 Å². The fourth-order valence-corrected chi connectivity index (χ4v) is 2.23. The summed E-state index contributed by atoms with van der Waals surface area (Å²) in [6.45, 7) is 4.02. The molecule has 0 aliphatic heterocycles. The molecule has 0 saturated carbocycles. The number of carbonyl (C=O) groups excluding carboxylic acids is 1. The van der Waals surface area contributed by atoms with Crippen LogP contribution in [0.4, 0.5) is 5.69 Å². The number of hydrogen-bond donors (Lipinski definition) is 1. The predicted molar refractivity (Wildman–Crippen MR) is 93.8 cm³/mol. The van der Waals surface area contributed by atoms with Gasteiger partial charge in [-0.1, -0.05) is 55.8 Å². The fraction of sp³-hybridized carbons (Fsp3) is 0.250. The number of benzene rings is 2. The van der Waals surface area contributed by atoms with Crippen molar-refractivity contribution in [3.05, 3.63) is 71.3 Å². The van der Waals surface area contributed by atoms with Crippen molar-refractivity contribution in [2.45, 2.75) is 33.1 Å². The Morgan fingerprint density at radius 3 is 2.36 bits per heavy atom. The summed E-state index contributed by atoms with van der Waals surface area (Å²) < 4.78 is 0. The van der Waals surface area contributed by atoms with Crippen LogP contribution in [0.1, 0.15) is 37.8 Å². The monoisotopic (exact) mass is 293 g/mol. The zero-order valence-electron chi connectivity index (χ0n) is 13.3. The van der Waals surface area contributed by atoms with E-state index in [-0.39, 0.29) is 5.91 Å². The summed E-state index contributed by atoms with van der Waals surface area (Å²) in [5.74, 6) is -0.0647. The lowest BCUT2D eigenvalue weighted by Crippen LogP contribution is -2.12. The van der Waals surface area contributed by atoms with Gasteiger partial charge < -0.3 is 5.32 Å². The highest BCUT2D eigenvalue weighted by atomic mass is 16.1. The number of aryl methyl sites for hydroxylation is 1. The summed E-state index contributed by atoms with van der Waals surface area (Å²) in [4.78, 5) is 12.2. The molecule has 0 aliphatic carbocycles. The SMILES string of the molecule is CCCCc1ccc(NC(=O)/C(C)=C/c2ccccc2)cc1. The minimum Gasteiger partial charge on any atom is -0.322 e. The van der Waals surface area contributed by atoms with Gasteiger partial charge in [-0.15, -0.1) is 0 Å². The van der Waals surface area contributed by atoms with Gasteiger partial charge in [0.1, 0.15) is 0 Å². The van der Waals surface area contributed by atoms with Crippen LogP contribution in [0, 0.1) is 0 Å². The molecule has 0 saturated heterocycles. The average Bonchev–Trinajstić information content (AvgIpc) is 2.55. The minimum atomic E-state index is -0.0647. The molecule has 2 rings (SSSR count). The molecule has 0 fully saturated rings. The van der Waals surface area contributed by atoms with Crippen LogP contribution in [0.5, 0.6) is 0 Å². The summed E-state index contributed by atoms with van der Waals surface area (Å²) in [5.41, 5.74) is 3.88. The number of amides is 1. The summed E-state index contributed by atoms with van der Waals surface area (Å²) in [6, 6.07) is 18.0. The normalized spacial score (nSPS) is 11.3. The van der Waals surface area contributed by atoms with Gasteiger partial charge in [0.05, 0.1) is 0 Å². The first-order chi connectivity index (χ1) is 10.7. The molecule has 114 valence electrons. The third-order valence-electron chi connectivity index (χ3n) is 3.57. The van der Waals surface area contributed by atoms with Gasteiger partial charge in [0.15, 0.2) is 0 Å². The number of hydrogen-bond acceptors (Lipinski definition) is 1. The Labute approximate surface area is 132 Å². The molecule has 1 amide bonds. The Morgan fingerprint density at radius 2 is 1.73 bits per heavy atom. The standard InChI is InChI=1S/C20H23NO/c1-3-4-8-17-11-13-19(14-12-17)21-20(22)16(2)15-18-9-6-5-7-10-18/h5-7,9-15H,3-4,8H2,1-2H3,(H,21,22)/b16-15+. The van der Waals surface area contributed by atoms with Crippen LogP contribution < -0.4 is 5.32 Å². The molecule has 2 heteroatoms. The molecular formula is C20H23NO. The molecule has 0 atom stereocenters. The molecule has 0 unspecified atom stereocenters. The maximum absolute atomic E-state index is 12.2. The minimum absolute atomic E-state index is 0.0647. The maximum Gasteiger partial charge on any atom is 0.251 e. The van der Waals surface area contributed by atoms with Gasteiger partial charge in [-0.05, 0) is 49.1 Å². The van der Waals surface area contributed by atoms with Gasteiger partial charge in [0, 0.05) is 11.3 Å². The van der Waals surface area contributed by atoms with E-state index in [0.717, 1.165) is 17.7 Å². The molecule has 1 N–H and O–H groups in total. The van der Waals surface area contributed by atoms with Gasteiger partial charge in [0.25, 0.3) is 5.91 Å². The summed E-state index contributed by atoms with van der Waals surface area (Å²) in [7, 11) is 0. The lowest BCUT2D eigenvalue weighted by Gasteiger charge is -2.07. The Hall–Kier alpha value is -2.35. The van der Waals surface area contributed by atoms with E-state index in [1.807, 2.05) is 55.5 Å². The van der Waals surface area contributed by atoms with Crippen molar-refractivity contribution in [2.24, 2.45) is 0 Å². The van der Waals surface area contributed by atoms with Crippen LogP contribution in [0.2, 0.25) is 0 Å². The van der Waals surface area contributed by atoms with E-state index in [0.29, 0.717) is 5.57 Å². The second-order valence-electron chi connectivity index (χ2n) is 5.49. The highest BCUT2D eigenvalue weighted by Gasteiger charge is 2.05. The van der Waals surface area contributed by atoms with Crippen molar-refractivity contribution in [2.75, 3.05) is 5.32 Å². The number of anilines is 1. The van der Waals surface area contributed by atoms with Crippen molar-refractivity contribution in [3.8, 4) is 0 Å². The lowest BCUT2D eigenvalue weighted by atomic mass is 10.1. The highest BCUT2D eigenvalue weighted by Crippen LogP contribution is 2.14. The Morgan fingerprint density at radius 1 is 1.05 bits per heavy atom. The number of rotatable bonds is 6. The van der Waals surface area contributed by atoms with E-state index in [4.69, 9.17) is 0 Å². The fourth-order valence-electron chi connectivity index (χ4n) is 2.23. The molecule has 0 spiro atoms. The number of unbranched alkanes of at least 4 members (excludes halogenated alkanes) is 1. The van der Waals surface area contributed by atoms with E-state index in [1.54, 1.807) is 0 Å². The van der Waals surface area contributed by atoms with E-state index >= 15 is 0 Å². The quantitative estimate of drug-likeness (QED) is 0.740. The van der Waals surface area contributed by atoms with Crippen molar-refractivity contribution >= 4 is 17.7 Å². The van der Waals surface area contributed by atoms with Crippen molar-refractivity contribution in [3.63, 3.8) is 0 Å². The van der Waals surface area contributed by atoms with Gasteiger partial charge >= 0.3 is 0 Å². The van der Waals surface area contributed by atoms with Crippen LogP contribution in [-0.4, -0.2) is 5.91 Å². The Bertz CT molecular complexity index is 627. The third kappa shape index (κ3) is 4.88. The van der Waals surface area contributed by atoms with Crippen molar-refractivity contribution < 1.29 is 4.79 Å². The Balaban J connectivity index is 1.98. The number of carbonyl (C=O) groups is 1. The summed E-state index contributed by atoms with van der Waals surface area (Å²) in [5, 5.41) is 2.94. The molecule has 0 radical (unpaired) electrons. The molecule has 2 aromatic rings. The van der Waals surface area contributed by atoms with E-state index in [2.05, 4.69) is 24.4 Å². The molecule has 0 aromatic heterocycles. The van der Waals surface area contributed by atoms with Gasteiger partial charge in [-0.3, -0.25) is 4.79 Å². The first kappa shape index (κ1) is 16.0. The van der Waals surface area contributed by atoms with Gasteiger partial charge in [-0.25, -0.2) is 0 Å². The second kappa shape index (κ2) is 8.18. The van der Waals surface area contributed by atoms with Gasteiger partial charge in [0.2, 0.25) is 0 Å². The first-order valence-corrected chi connectivity index (χ1v) is 7.82. The zero-order chi connectivity index (χ0) is 15.8. The topological polar surface area (TPSA) is 29.1 Å². The predicted octanol–water partition coefficient (Wildman–Crippen LogP) is 5.07. The van der Waals surface area contributed by atoms with Gasteiger partial charge in [-0.2, -0.15) is 0 Å². The Kier molecular flexibility index (Phi) is 5.96. The maximum atomic E-state index is 12.2. The molecule has 0 aliphatic rings. The van der Waals surface area contributed by atoms with Crippen LogP contribution in [0.15, 0.2) is 60.2 Å². The highest BCUT2D eigenvalue weighted by molar-refractivity contribution is 6.06. The molecule has 0 bridgehead atoms. The molecular weight excluding hydrogens is 270 g/mol. The molecule has 2 aromatic carbocycles. The van der Waals surface area contributed by atoms with E-state index < -0.39 is 0 Å². The molecule has 0 heterocycles. The molecule has 2 nitrogen and oxygen atoms in total. The number of nitrogens with one attached hydrogen (secondary N) is 1.